The lowest BCUT2D eigenvalue weighted by Gasteiger charge is -2.38. The number of rotatable bonds is 6. The number of carbonyl (C=O) groups is 2. The average Bonchev–Trinajstić information content (AvgIpc) is 2.77. The maximum absolute atomic E-state index is 13.5. The third kappa shape index (κ3) is 6.89. The Morgan fingerprint density at radius 3 is 2.03 bits per heavy atom. The summed E-state index contributed by atoms with van der Waals surface area (Å²) in [5.74, 6) is -0.192. The van der Waals surface area contributed by atoms with Crippen LogP contribution in [0, 0.1) is 0 Å². The molecule has 0 bridgehead atoms. The molecule has 34 heavy (non-hydrogen) atoms. The van der Waals surface area contributed by atoms with Crippen molar-refractivity contribution in [1.29, 1.82) is 0 Å². The lowest BCUT2D eigenvalue weighted by Crippen LogP contribution is -2.56. The number of hydrogen-bond acceptors (Lipinski definition) is 4. The van der Waals surface area contributed by atoms with Crippen molar-refractivity contribution in [3.63, 3.8) is 0 Å². The number of pyridine rings is 1. The van der Waals surface area contributed by atoms with E-state index in [-0.39, 0.29) is 29.1 Å². The maximum Gasteiger partial charge on any atom is 0.251 e. The molecule has 6 nitrogen and oxygen atoms in total. The van der Waals surface area contributed by atoms with E-state index >= 15 is 0 Å². The molecule has 0 saturated carbocycles. The molecular weight excluding hydrogens is 424 g/mol. The molecule has 2 aromatic rings. The molecule has 6 heteroatoms. The molecule has 0 aliphatic carbocycles. The molecule has 0 radical (unpaired) electrons. The maximum atomic E-state index is 13.5. The number of nitrogens with one attached hydrogen (secondary N) is 3. The van der Waals surface area contributed by atoms with Crippen molar-refractivity contribution in [2.75, 3.05) is 13.1 Å². The normalized spacial score (nSPS) is 16.1. The van der Waals surface area contributed by atoms with Crippen LogP contribution in [0.3, 0.4) is 0 Å². The lowest BCUT2D eigenvalue weighted by molar-refractivity contribution is -0.122. The molecule has 0 unspecified atom stereocenters. The molecular formula is C28H40N4O2. The van der Waals surface area contributed by atoms with Crippen molar-refractivity contribution in [3.8, 4) is 0 Å². The largest absolute Gasteiger partial charge is 0.352 e. The van der Waals surface area contributed by atoms with Gasteiger partial charge in [-0.1, -0.05) is 71.9 Å². The standard InChI is InChI=1S/C28H40N4O2/c1-26(2,3)22-16-21(17-23(31-22)27(4,5)6)25(34)32-28(12-14-29-15-13-28)18-24(33)30-19-20-10-8-7-9-11-20/h7-11,16-17,29H,12-15,18-19H2,1-6H3,(H,30,33)(H,32,34). The number of aromatic nitrogens is 1. The Hall–Kier alpha value is -2.73. The van der Waals surface area contributed by atoms with Gasteiger partial charge in [-0.25, -0.2) is 0 Å². The van der Waals surface area contributed by atoms with Gasteiger partial charge in [0, 0.05) is 40.7 Å². The van der Waals surface area contributed by atoms with E-state index in [0.29, 0.717) is 24.9 Å². The molecule has 3 N–H and O–H groups in total. The van der Waals surface area contributed by atoms with Crippen molar-refractivity contribution in [1.82, 2.24) is 20.9 Å². The number of amides is 2. The molecule has 3 rings (SSSR count). The second-order valence-electron chi connectivity index (χ2n) is 11.5. The Morgan fingerprint density at radius 2 is 1.50 bits per heavy atom. The van der Waals surface area contributed by atoms with Gasteiger partial charge in [0.05, 0.1) is 5.54 Å². The molecule has 0 spiro atoms. The van der Waals surface area contributed by atoms with E-state index in [1.165, 1.54) is 0 Å². The van der Waals surface area contributed by atoms with Crippen molar-refractivity contribution < 1.29 is 9.59 Å². The number of carbonyl (C=O) groups excluding carboxylic acids is 2. The van der Waals surface area contributed by atoms with Crippen LogP contribution in [0.2, 0.25) is 0 Å². The first-order valence-corrected chi connectivity index (χ1v) is 12.2. The van der Waals surface area contributed by atoms with Gasteiger partial charge < -0.3 is 16.0 Å². The Balaban J connectivity index is 1.80. The second-order valence-corrected chi connectivity index (χ2v) is 11.5. The van der Waals surface area contributed by atoms with E-state index in [1.54, 1.807) is 0 Å². The zero-order valence-corrected chi connectivity index (χ0v) is 21.5. The first kappa shape index (κ1) is 25.9. The summed E-state index contributed by atoms with van der Waals surface area (Å²) in [6.07, 6.45) is 1.68. The lowest BCUT2D eigenvalue weighted by atomic mass is 9.83. The summed E-state index contributed by atoms with van der Waals surface area (Å²) in [6, 6.07) is 13.7. The van der Waals surface area contributed by atoms with Crippen molar-refractivity contribution in [2.45, 2.75) is 83.7 Å². The number of piperidine rings is 1. The zero-order valence-electron chi connectivity index (χ0n) is 21.5. The van der Waals surface area contributed by atoms with Crippen LogP contribution >= 0.6 is 0 Å². The SMILES string of the molecule is CC(C)(C)c1cc(C(=O)NC2(CC(=O)NCc3ccccc3)CCNCC2)cc(C(C)(C)C)n1. The molecule has 0 atom stereocenters. The van der Waals surface area contributed by atoms with Crippen LogP contribution in [0.1, 0.15) is 88.1 Å². The highest BCUT2D eigenvalue weighted by Gasteiger charge is 2.36. The van der Waals surface area contributed by atoms with Crippen LogP contribution in [0.5, 0.6) is 0 Å². The van der Waals surface area contributed by atoms with E-state index in [2.05, 4.69) is 57.5 Å². The summed E-state index contributed by atoms with van der Waals surface area (Å²) in [7, 11) is 0. The molecule has 1 saturated heterocycles. The van der Waals surface area contributed by atoms with E-state index in [4.69, 9.17) is 4.98 Å². The average molecular weight is 465 g/mol. The van der Waals surface area contributed by atoms with Crippen molar-refractivity contribution in [2.24, 2.45) is 0 Å². The fourth-order valence-electron chi connectivity index (χ4n) is 4.16. The Morgan fingerprint density at radius 1 is 0.941 bits per heavy atom. The topological polar surface area (TPSA) is 83.1 Å². The van der Waals surface area contributed by atoms with Gasteiger partial charge in [0.2, 0.25) is 5.91 Å². The van der Waals surface area contributed by atoms with Crippen molar-refractivity contribution >= 4 is 11.8 Å². The number of benzene rings is 1. The van der Waals surface area contributed by atoms with Crippen molar-refractivity contribution in [3.05, 3.63) is 65.0 Å². The summed E-state index contributed by atoms with van der Waals surface area (Å²) in [5.41, 5.74) is 2.51. The van der Waals surface area contributed by atoms with Crippen LogP contribution in [-0.2, 0) is 22.2 Å². The minimum atomic E-state index is -0.573. The fourth-order valence-corrected chi connectivity index (χ4v) is 4.16. The molecule has 2 amide bonds. The number of hydrogen-bond donors (Lipinski definition) is 3. The van der Waals surface area contributed by atoms with Gasteiger partial charge in [0.15, 0.2) is 0 Å². The Labute approximate surface area is 204 Å². The fraction of sp³-hybridized carbons (Fsp3) is 0.536. The molecule has 2 heterocycles. The van der Waals surface area contributed by atoms with Gasteiger partial charge in [-0.05, 0) is 43.6 Å². The Bertz CT molecular complexity index is 965. The molecule has 1 aromatic heterocycles. The highest BCUT2D eigenvalue weighted by Crippen LogP contribution is 2.28. The molecule has 1 fully saturated rings. The van der Waals surface area contributed by atoms with Crippen LogP contribution in [0.15, 0.2) is 42.5 Å². The number of nitrogens with zero attached hydrogens (tertiary/aromatic N) is 1. The monoisotopic (exact) mass is 464 g/mol. The third-order valence-corrected chi connectivity index (χ3v) is 6.40. The summed E-state index contributed by atoms with van der Waals surface area (Å²) in [4.78, 5) is 31.3. The quantitative estimate of drug-likeness (QED) is 0.597. The van der Waals surface area contributed by atoms with Gasteiger partial charge in [-0.2, -0.15) is 0 Å². The molecule has 1 aliphatic heterocycles. The summed E-state index contributed by atoms with van der Waals surface area (Å²) in [5, 5.41) is 9.64. The summed E-state index contributed by atoms with van der Waals surface area (Å²) in [6.45, 7) is 14.7. The highest BCUT2D eigenvalue weighted by atomic mass is 16.2. The minimum Gasteiger partial charge on any atom is -0.352 e. The van der Waals surface area contributed by atoms with Gasteiger partial charge in [0.1, 0.15) is 0 Å². The van der Waals surface area contributed by atoms with Gasteiger partial charge in [-0.3, -0.25) is 14.6 Å². The van der Waals surface area contributed by atoms with Crippen LogP contribution in [0.25, 0.3) is 0 Å². The predicted molar refractivity (Wildman–Crippen MR) is 137 cm³/mol. The van der Waals surface area contributed by atoms with Gasteiger partial charge >= 0.3 is 0 Å². The van der Waals surface area contributed by atoms with E-state index in [9.17, 15) is 9.59 Å². The van der Waals surface area contributed by atoms with E-state index in [1.807, 2.05) is 42.5 Å². The van der Waals surface area contributed by atoms with E-state index < -0.39 is 5.54 Å². The molecule has 1 aliphatic rings. The highest BCUT2D eigenvalue weighted by molar-refractivity contribution is 5.95. The molecule has 1 aromatic carbocycles. The predicted octanol–water partition coefficient (Wildman–Crippen LogP) is 4.24. The zero-order chi connectivity index (χ0) is 25.0. The smallest absolute Gasteiger partial charge is 0.251 e. The Kier molecular flexibility index (Phi) is 7.81. The van der Waals surface area contributed by atoms with E-state index in [0.717, 1.165) is 30.0 Å². The summed E-state index contributed by atoms with van der Waals surface area (Å²) >= 11 is 0. The summed E-state index contributed by atoms with van der Waals surface area (Å²) < 4.78 is 0. The first-order valence-electron chi connectivity index (χ1n) is 12.2. The van der Waals surface area contributed by atoms with Gasteiger partial charge in [-0.15, -0.1) is 0 Å². The van der Waals surface area contributed by atoms with Crippen LogP contribution in [-0.4, -0.2) is 35.4 Å². The van der Waals surface area contributed by atoms with Crippen LogP contribution in [0.4, 0.5) is 0 Å². The first-order chi connectivity index (χ1) is 15.9. The minimum absolute atomic E-state index is 0.0495. The van der Waals surface area contributed by atoms with Gasteiger partial charge in [0.25, 0.3) is 5.91 Å². The second kappa shape index (κ2) is 10.3. The molecule has 184 valence electrons. The third-order valence-electron chi connectivity index (χ3n) is 6.40. The van der Waals surface area contributed by atoms with Crippen LogP contribution < -0.4 is 16.0 Å².